The average molecular weight is 790 g/mol. The van der Waals surface area contributed by atoms with Crippen LogP contribution in [-0.2, 0) is 42.6 Å². The van der Waals surface area contributed by atoms with E-state index in [1.54, 1.807) is 46.4 Å². The lowest BCUT2D eigenvalue weighted by molar-refractivity contribution is 0.00160. The molecule has 0 heterocycles. The van der Waals surface area contributed by atoms with E-state index in [2.05, 4.69) is 34.9 Å². The molecule has 0 radical (unpaired) electrons. The average Bonchev–Trinajstić information content (AvgIpc) is 3.45. The summed E-state index contributed by atoms with van der Waals surface area (Å²) in [5, 5.41) is 5.28. The van der Waals surface area contributed by atoms with Crippen molar-refractivity contribution >= 4 is 18.3 Å². The number of ether oxygens (including phenoxy) is 9. The molecule has 15 nitrogen and oxygen atoms in total. The SMILES string of the molecule is CC(C)(C)OC(=O)NCCOCCOCCOCCN(CCOCCOCCOCCNC(=O)OC(C)(C)C)C(=O)OCC1c2ccccc2-c2ccccc21. The fourth-order valence-corrected chi connectivity index (χ4v) is 5.49. The molecule has 0 aliphatic heterocycles. The van der Waals surface area contributed by atoms with Crippen molar-refractivity contribution in [3.05, 3.63) is 59.7 Å². The number of benzene rings is 2. The molecule has 314 valence electrons. The Hall–Kier alpha value is -3.99. The van der Waals surface area contributed by atoms with Crippen LogP contribution in [0.25, 0.3) is 11.1 Å². The van der Waals surface area contributed by atoms with Gasteiger partial charge < -0.3 is 58.2 Å². The first-order chi connectivity index (χ1) is 26.8. The number of amides is 3. The monoisotopic (exact) mass is 789 g/mol. The molecule has 3 rings (SSSR count). The van der Waals surface area contributed by atoms with Gasteiger partial charge in [-0.25, -0.2) is 14.4 Å². The predicted octanol–water partition coefficient (Wildman–Crippen LogP) is 5.39. The summed E-state index contributed by atoms with van der Waals surface area (Å²) in [6, 6.07) is 16.4. The molecule has 2 aromatic carbocycles. The summed E-state index contributed by atoms with van der Waals surface area (Å²) in [5.41, 5.74) is 3.52. The molecular weight excluding hydrogens is 726 g/mol. The number of alkyl carbamates (subject to hydrolysis) is 2. The third-order valence-corrected chi connectivity index (χ3v) is 7.92. The molecule has 0 aromatic heterocycles. The van der Waals surface area contributed by atoms with Gasteiger partial charge >= 0.3 is 18.3 Å². The molecule has 0 saturated heterocycles. The van der Waals surface area contributed by atoms with Crippen molar-refractivity contribution < 1.29 is 57.0 Å². The summed E-state index contributed by atoms with van der Waals surface area (Å²) in [5.74, 6) is -0.0505. The van der Waals surface area contributed by atoms with Gasteiger partial charge in [-0.2, -0.15) is 0 Å². The molecule has 0 bridgehead atoms. The highest BCUT2D eigenvalue weighted by Crippen LogP contribution is 2.44. The zero-order valence-electron chi connectivity index (χ0n) is 34.1. The third kappa shape index (κ3) is 19.2. The van der Waals surface area contributed by atoms with E-state index in [0.717, 1.165) is 22.3 Å². The Morgan fingerprint density at radius 2 is 0.893 bits per heavy atom. The summed E-state index contributed by atoms with van der Waals surface area (Å²) in [6.45, 7) is 16.5. The van der Waals surface area contributed by atoms with E-state index < -0.39 is 29.5 Å². The zero-order chi connectivity index (χ0) is 40.7. The Kier molecular flexibility index (Phi) is 21.0. The van der Waals surface area contributed by atoms with Gasteiger partial charge in [0.15, 0.2) is 0 Å². The van der Waals surface area contributed by atoms with Crippen molar-refractivity contribution in [2.45, 2.75) is 58.7 Å². The lowest BCUT2D eigenvalue weighted by atomic mass is 9.98. The van der Waals surface area contributed by atoms with Gasteiger partial charge in [-0.05, 0) is 63.8 Å². The third-order valence-electron chi connectivity index (χ3n) is 7.92. The lowest BCUT2D eigenvalue weighted by Crippen LogP contribution is -2.38. The number of hydrogen-bond acceptors (Lipinski definition) is 12. The Labute approximate surface area is 331 Å². The van der Waals surface area contributed by atoms with Gasteiger partial charge in [0.05, 0.1) is 79.3 Å². The summed E-state index contributed by atoms with van der Waals surface area (Å²) in [4.78, 5) is 38.3. The Balaban J connectivity index is 1.32. The van der Waals surface area contributed by atoms with Crippen LogP contribution in [0.3, 0.4) is 0 Å². The minimum Gasteiger partial charge on any atom is -0.448 e. The highest BCUT2D eigenvalue weighted by atomic mass is 16.6. The van der Waals surface area contributed by atoms with Crippen LogP contribution in [0.1, 0.15) is 58.6 Å². The molecule has 1 aliphatic rings. The van der Waals surface area contributed by atoms with E-state index in [0.29, 0.717) is 92.2 Å². The number of hydrogen-bond donors (Lipinski definition) is 2. The fourth-order valence-electron chi connectivity index (χ4n) is 5.49. The van der Waals surface area contributed by atoms with Crippen LogP contribution in [-0.4, -0.2) is 146 Å². The number of rotatable bonds is 26. The van der Waals surface area contributed by atoms with Crippen LogP contribution in [0.5, 0.6) is 0 Å². The highest BCUT2D eigenvalue weighted by Gasteiger charge is 2.29. The standard InChI is InChI=1S/C41H63N3O12/c1-40(2,3)55-37(45)42-15-19-48-23-27-52-29-25-50-21-17-44(18-22-51-26-30-53-28-24-49-20-16-43-38(46)56-41(4,5)6)39(47)54-31-36-34-13-9-7-11-32(34)33-12-8-10-14-35(33)36/h7-14,36H,15-31H2,1-6H3,(H,42,45)(H,43,46). The number of fused-ring (bicyclic) bond motifs is 3. The highest BCUT2D eigenvalue weighted by molar-refractivity contribution is 5.79. The Bertz CT molecular complexity index is 1350. The second-order valence-corrected chi connectivity index (χ2v) is 14.8. The normalized spacial score (nSPS) is 12.5. The van der Waals surface area contributed by atoms with Crippen molar-refractivity contribution in [1.82, 2.24) is 15.5 Å². The number of nitrogens with zero attached hydrogens (tertiary/aromatic N) is 1. The Morgan fingerprint density at radius 1 is 0.536 bits per heavy atom. The van der Waals surface area contributed by atoms with Crippen LogP contribution >= 0.6 is 0 Å². The van der Waals surface area contributed by atoms with Crippen molar-refractivity contribution in [2.24, 2.45) is 0 Å². The second-order valence-electron chi connectivity index (χ2n) is 14.8. The van der Waals surface area contributed by atoms with E-state index in [4.69, 9.17) is 42.6 Å². The molecule has 3 amide bonds. The molecule has 0 fully saturated rings. The van der Waals surface area contributed by atoms with E-state index in [1.165, 1.54) is 0 Å². The fraction of sp³-hybridized carbons (Fsp3) is 0.634. The first kappa shape index (κ1) is 46.4. The number of nitrogens with one attached hydrogen (secondary N) is 2. The molecule has 2 N–H and O–H groups in total. The molecule has 0 spiro atoms. The number of carbonyl (C=O) groups excluding carboxylic acids is 3. The second kappa shape index (κ2) is 25.3. The molecule has 0 atom stereocenters. The van der Waals surface area contributed by atoms with Crippen molar-refractivity contribution in [3.8, 4) is 11.1 Å². The molecule has 0 unspecified atom stereocenters. The molecule has 56 heavy (non-hydrogen) atoms. The smallest absolute Gasteiger partial charge is 0.409 e. The van der Waals surface area contributed by atoms with Crippen LogP contribution in [0.4, 0.5) is 14.4 Å². The van der Waals surface area contributed by atoms with Crippen LogP contribution in [0.2, 0.25) is 0 Å². The van der Waals surface area contributed by atoms with Crippen LogP contribution in [0.15, 0.2) is 48.5 Å². The van der Waals surface area contributed by atoms with Gasteiger partial charge in [0.25, 0.3) is 0 Å². The predicted molar refractivity (Wildman–Crippen MR) is 210 cm³/mol. The molecule has 0 saturated carbocycles. The molecule has 1 aliphatic carbocycles. The van der Waals surface area contributed by atoms with E-state index >= 15 is 0 Å². The summed E-state index contributed by atoms with van der Waals surface area (Å²) < 4.78 is 49.9. The Morgan fingerprint density at radius 3 is 1.29 bits per heavy atom. The molecule has 2 aromatic rings. The van der Waals surface area contributed by atoms with Crippen LogP contribution in [0, 0.1) is 0 Å². The summed E-state index contributed by atoms with van der Waals surface area (Å²) in [6.07, 6.45) is -1.40. The zero-order valence-corrected chi connectivity index (χ0v) is 34.1. The van der Waals surface area contributed by atoms with Gasteiger partial charge in [0, 0.05) is 32.1 Å². The van der Waals surface area contributed by atoms with E-state index in [-0.39, 0.29) is 25.7 Å². The number of carbonyl (C=O) groups is 3. The topological polar surface area (TPSA) is 162 Å². The first-order valence-electron chi connectivity index (χ1n) is 19.3. The lowest BCUT2D eigenvalue weighted by Gasteiger charge is -2.23. The van der Waals surface area contributed by atoms with Gasteiger partial charge in [-0.3, -0.25) is 0 Å². The molecule has 15 heteroatoms. The van der Waals surface area contributed by atoms with Crippen LogP contribution < -0.4 is 10.6 Å². The van der Waals surface area contributed by atoms with Crippen molar-refractivity contribution in [2.75, 3.05) is 112 Å². The quantitative estimate of drug-likeness (QED) is 0.0926. The van der Waals surface area contributed by atoms with Gasteiger partial charge in [0.2, 0.25) is 0 Å². The molecular formula is C41H63N3O12. The minimum atomic E-state index is -0.548. The maximum absolute atomic E-state index is 13.4. The van der Waals surface area contributed by atoms with Crippen molar-refractivity contribution in [3.63, 3.8) is 0 Å². The van der Waals surface area contributed by atoms with Gasteiger partial charge in [0.1, 0.15) is 17.8 Å². The first-order valence-corrected chi connectivity index (χ1v) is 19.3. The maximum atomic E-state index is 13.4. The van der Waals surface area contributed by atoms with E-state index in [1.807, 2.05) is 24.3 Å². The minimum absolute atomic E-state index is 0.0505. The summed E-state index contributed by atoms with van der Waals surface area (Å²) >= 11 is 0. The largest absolute Gasteiger partial charge is 0.448 e. The van der Waals surface area contributed by atoms with Gasteiger partial charge in [-0.1, -0.05) is 48.5 Å². The van der Waals surface area contributed by atoms with Gasteiger partial charge in [-0.15, -0.1) is 0 Å². The van der Waals surface area contributed by atoms with Crippen molar-refractivity contribution in [1.29, 1.82) is 0 Å². The maximum Gasteiger partial charge on any atom is 0.409 e. The summed E-state index contributed by atoms with van der Waals surface area (Å²) in [7, 11) is 0. The van der Waals surface area contributed by atoms with E-state index in [9.17, 15) is 14.4 Å².